The number of rotatable bonds is 3. The summed E-state index contributed by atoms with van der Waals surface area (Å²) in [4.78, 5) is 0. The fraction of sp³-hybridized carbons (Fsp3) is 0. The van der Waals surface area contributed by atoms with Crippen molar-refractivity contribution in [1.82, 2.24) is 5.16 Å². The molecular weight excluding hydrogens is 346 g/mol. The van der Waals surface area contributed by atoms with Gasteiger partial charge in [0.15, 0.2) is 12.0 Å². The van der Waals surface area contributed by atoms with Gasteiger partial charge in [-0.05, 0) is 48.5 Å². The van der Waals surface area contributed by atoms with E-state index in [4.69, 9.17) is 4.52 Å². The number of nitrogens with zero attached hydrogens (tertiary/aromatic N) is 2. The Morgan fingerprint density at radius 2 is 1.63 bits per heavy atom. The van der Waals surface area contributed by atoms with Crippen molar-refractivity contribution < 1.29 is 17.9 Å². The lowest BCUT2D eigenvalue weighted by Gasteiger charge is -2.09. The van der Waals surface area contributed by atoms with Gasteiger partial charge in [0.25, 0.3) is 0 Å². The van der Waals surface area contributed by atoms with Crippen LogP contribution in [0.2, 0.25) is 0 Å². The highest BCUT2D eigenvalue weighted by Gasteiger charge is 2.25. The largest absolute Gasteiger partial charge is 0.355 e. The molecule has 0 unspecified atom stereocenters. The highest BCUT2D eigenvalue weighted by molar-refractivity contribution is 6.10. The van der Waals surface area contributed by atoms with E-state index in [0.717, 1.165) is 33.4 Å². The van der Waals surface area contributed by atoms with Crippen LogP contribution in [0.1, 0.15) is 5.56 Å². The average Bonchev–Trinajstić information content (AvgIpc) is 3.05. The van der Waals surface area contributed by atoms with Crippen molar-refractivity contribution in [1.29, 1.82) is 0 Å². The molecular formula is C22H13F2N2O+. The molecule has 130 valence electrons. The number of halogens is 2. The second kappa shape index (κ2) is 5.99. The summed E-state index contributed by atoms with van der Waals surface area (Å²) in [5.74, 6) is 0.0115. The van der Waals surface area contributed by atoms with Gasteiger partial charge in [-0.3, -0.25) is 0 Å². The monoisotopic (exact) mass is 359 g/mol. The predicted octanol–water partition coefficient (Wildman–Crippen LogP) is 5.43. The fourth-order valence-corrected chi connectivity index (χ4v) is 3.22. The van der Waals surface area contributed by atoms with E-state index in [2.05, 4.69) is 5.16 Å². The van der Waals surface area contributed by atoms with Crippen LogP contribution in [-0.2, 0) is 0 Å². The van der Waals surface area contributed by atoms with E-state index in [1.54, 1.807) is 18.2 Å². The molecule has 4 aromatic rings. The van der Waals surface area contributed by atoms with Crippen LogP contribution in [-0.4, -0.2) is 15.4 Å². The number of fused-ring (bicyclic) bond motifs is 1. The van der Waals surface area contributed by atoms with E-state index < -0.39 is 0 Å². The summed E-state index contributed by atoms with van der Waals surface area (Å²) >= 11 is 0. The minimum atomic E-state index is -0.302. The van der Waals surface area contributed by atoms with Crippen LogP contribution >= 0.6 is 0 Å². The lowest BCUT2D eigenvalue weighted by Crippen LogP contribution is -2.19. The van der Waals surface area contributed by atoms with E-state index in [0.29, 0.717) is 5.76 Å². The zero-order valence-corrected chi connectivity index (χ0v) is 14.1. The predicted molar refractivity (Wildman–Crippen MR) is 99.0 cm³/mol. The molecule has 5 heteroatoms. The van der Waals surface area contributed by atoms with Gasteiger partial charge in [-0.2, -0.15) is 4.58 Å². The van der Waals surface area contributed by atoms with Crippen molar-refractivity contribution >= 4 is 22.3 Å². The van der Waals surface area contributed by atoms with Crippen LogP contribution in [0.5, 0.6) is 0 Å². The molecule has 1 aliphatic heterocycles. The zero-order valence-electron chi connectivity index (χ0n) is 14.1. The number of hydrogen-bond acceptors (Lipinski definition) is 2. The van der Waals surface area contributed by atoms with Gasteiger partial charge in [0.05, 0.1) is 11.5 Å². The van der Waals surface area contributed by atoms with Crippen molar-refractivity contribution in [3.8, 4) is 11.3 Å². The van der Waals surface area contributed by atoms with E-state index in [9.17, 15) is 8.78 Å². The molecule has 0 saturated carbocycles. The molecule has 27 heavy (non-hydrogen) atoms. The first-order chi connectivity index (χ1) is 13.2. The minimum Gasteiger partial charge on any atom is -0.355 e. The van der Waals surface area contributed by atoms with Crippen molar-refractivity contribution in [2.75, 3.05) is 0 Å². The maximum atomic E-state index is 13.5. The van der Waals surface area contributed by atoms with Crippen molar-refractivity contribution in [3.63, 3.8) is 0 Å². The van der Waals surface area contributed by atoms with Gasteiger partial charge in [0.2, 0.25) is 11.4 Å². The molecule has 1 aliphatic rings. The molecule has 0 fully saturated rings. The SMILES string of the molecule is Fc1ccc(-c2onc3ccc(C4=[N+](c5cccc(F)c5)C=C4)cc23)cc1. The van der Waals surface area contributed by atoms with Crippen LogP contribution in [0.15, 0.2) is 83.5 Å². The van der Waals surface area contributed by atoms with Gasteiger partial charge >= 0.3 is 0 Å². The first-order valence-electron chi connectivity index (χ1n) is 8.45. The van der Waals surface area contributed by atoms with Crippen LogP contribution in [0, 0.1) is 11.6 Å². The van der Waals surface area contributed by atoms with Crippen LogP contribution in [0.4, 0.5) is 14.5 Å². The van der Waals surface area contributed by atoms with Gasteiger partial charge < -0.3 is 4.52 Å². The molecule has 0 spiro atoms. The second-order valence-corrected chi connectivity index (χ2v) is 6.30. The molecule has 0 saturated heterocycles. The Hall–Kier alpha value is -3.60. The number of benzene rings is 3. The molecule has 5 rings (SSSR count). The lowest BCUT2D eigenvalue weighted by atomic mass is 10.0. The Labute approximate surface area is 153 Å². The van der Waals surface area contributed by atoms with E-state index >= 15 is 0 Å². The highest BCUT2D eigenvalue weighted by atomic mass is 19.1. The molecule has 0 bridgehead atoms. The second-order valence-electron chi connectivity index (χ2n) is 6.30. The van der Waals surface area contributed by atoms with Crippen molar-refractivity contribution in [3.05, 3.63) is 96.2 Å². The third-order valence-electron chi connectivity index (χ3n) is 4.61. The normalized spacial score (nSPS) is 13.3. The standard InChI is InChI=1S/C22H13F2N2O/c23-16-7-4-14(5-8-16)22-19-12-15(6-9-20(19)25-27-22)21-10-11-26(21)18-3-1-2-17(24)13-18/h1-13H/q+1. The molecule has 0 aliphatic carbocycles. The Morgan fingerprint density at radius 1 is 0.815 bits per heavy atom. The number of hydrogen-bond donors (Lipinski definition) is 0. The Bertz CT molecular complexity index is 1240. The topological polar surface area (TPSA) is 29.0 Å². The van der Waals surface area contributed by atoms with Crippen LogP contribution in [0.25, 0.3) is 22.2 Å². The molecule has 0 atom stereocenters. The molecule has 2 heterocycles. The quantitative estimate of drug-likeness (QED) is 0.456. The smallest absolute Gasteiger partial charge is 0.224 e. The fourth-order valence-electron chi connectivity index (χ4n) is 3.22. The molecule has 0 amide bonds. The summed E-state index contributed by atoms with van der Waals surface area (Å²) in [7, 11) is 0. The third-order valence-corrected chi connectivity index (χ3v) is 4.61. The lowest BCUT2D eigenvalue weighted by molar-refractivity contribution is -0.370. The summed E-state index contributed by atoms with van der Waals surface area (Å²) < 4.78 is 34.2. The minimum absolute atomic E-state index is 0.278. The van der Waals surface area contributed by atoms with Gasteiger partial charge in [-0.25, -0.2) is 8.78 Å². The maximum absolute atomic E-state index is 13.5. The van der Waals surface area contributed by atoms with Crippen molar-refractivity contribution in [2.45, 2.75) is 0 Å². The van der Waals surface area contributed by atoms with Crippen molar-refractivity contribution in [2.24, 2.45) is 0 Å². The first-order valence-corrected chi connectivity index (χ1v) is 8.45. The Kier molecular flexibility index (Phi) is 3.47. The van der Waals surface area contributed by atoms with E-state index in [-0.39, 0.29) is 11.6 Å². The molecule has 0 radical (unpaired) electrons. The molecule has 1 aromatic heterocycles. The number of aromatic nitrogens is 1. The van der Waals surface area contributed by atoms with Crippen LogP contribution in [0.3, 0.4) is 0 Å². The zero-order chi connectivity index (χ0) is 18.4. The Morgan fingerprint density at radius 3 is 2.37 bits per heavy atom. The number of allylic oxidation sites excluding steroid dienone is 1. The van der Waals surface area contributed by atoms with Gasteiger partial charge in [0, 0.05) is 23.3 Å². The van der Waals surface area contributed by atoms with Crippen LogP contribution < -0.4 is 0 Å². The Balaban J connectivity index is 1.62. The maximum Gasteiger partial charge on any atom is 0.224 e. The molecule has 3 nitrogen and oxygen atoms in total. The highest BCUT2D eigenvalue weighted by Crippen LogP contribution is 2.31. The van der Waals surface area contributed by atoms with E-state index in [1.807, 2.05) is 41.1 Å². The van der Waals surface area contributed by atoms with Gasteiger partial charge in [-0.1, -0.05) is 11.2 Å². The summed E-state index contributed by atoms with van der Waals surface area (Å²) in [6, 6.07) is 18.4. The average molecular weight is 359 g/mol. The summed E-state index contributed by atoms with van der Waals surface area (Å²) in [6.45, 7) is 0. The first kappa shape index (κ1) is 15.6. The summed E-state index contributed by atoms with van der Waals surface area (Å²) in [5.41, 5.74) is 4.15. The summed E-state index contributed by atoms with van der Waals surface area (Å²) in [5, 5.41) is 4.93. The molecule has 3 aromatic carbocycles. The van der Waals surface area contributed by atoms with E-state index in [1.165, 1.54) is 24.3 Å². The van der Waals surface area contributed by atoms with Gasteiger partial charge in [0.1, 0.15) is 17.2 Å². The summed E-state index contributed by atoms with van der Waals surface area (Å²) in [6.07, 6.45) is 3.86. The third kappa shape index (κ3) is 2.64. The van der Waals surface area contributed by atoms with Gasteiger partial charge in [-0.15, -0.1) is 0 Å². The molecule has 0 N–H and O–H groups in total.